The molecule has 142 valence electrons. The van der Waals surface area contributed by atoms with Crippen LogP contribution >= 0.6 is 12.2 Å². The van der Waals surface area contributed by atoms with Gasteiger partial charge in [-0.2, -0.15) is 0 Å². The Morgan fingerprint density at radius 2 is 1.67 bits per heavy atom. The molecule has 0 fully saturated rings. The minimum absolute atomic E-state index is 0.0859. The zero-order valence-electron chi connectivity index (χ0n) is 15.7. The molecule has 0 unspecified atom stereocenters. The van der Waals surface area contributed by atoms with Crippen LogP contribution in [0.25, 0.3) is 0 Å². The van der Waals surface area contributed by atoms with Crippen molar-refractivity contribution in [3.8, 4) is 0 Å². The maximum absolute atomic E-state index is 12.6. The van der Waals surface area contributed by atoms with E-state index in [4.69, 9.17) is 12.2 Å². The van der Waals surface area contributed by atoms with Crippen molar-refractivity contribution in [3.05, 3.63) is 60.2 Å². The number of anilines is 2. The van der Waals surface area contributed by atoms with Crippen LogP contribution in [-0.4, -0.2) is 24.0 Å². The van der Waals surface area contributed by atoms with Crippen molar-refractivity contribution in [2.75, 3.05) is 17.3 Å². The molecule has 0 heterocycles. The summed E-state index contributed by atoms with van der Waals surface area (Å²) in [6.07, 6.45) is 3.42. The van der Waals surface area contributed by atoms with Crippen molar-refractivity contribution in [2.45, 2.75) is 32.6 Å². The summed E-state index contributed by atoms with van der Waals surface area (Å²) in [4.78, 5) is 26.0. The molecule has 2 aromatic rings. The molecule has 2 N–H and O–H groups in total. The number of rotatable bonds is 7. The first-order chi connectivity index (χ1) is 13.0. The summed E-state index contributed by atoms with van der Waals surface area (Å²) in [5.41, 5.74) is 2.12. The number of hydrogen-bond donors (Lipinski definition) is 2. The van der Waals surface area contributed by atoms with Gasteiger partial charge in [0.15, 0.2) is 5.11 Å². The second kappa shape index (κ2) is 10.4. The van der Waals surface area contributed by atoms with E-state index in [0.717, 1.165) is 24.9 Å². The van der Waals surface area contributed by atoms with Gasteiger partial charge in [0.25, 0.3) is 5.91 Å². The lowest BCUT2D eigenvalue weighted by atomic mass is 10.1. The molecule has 0 atom stereocenters. The van der Waals surface area contributed by atoms with Crippen LogP contribution in [0.1, 0.15) is 43.0 Å². The fourth-order valence-electron chi connectivity index (χ4n) is 2.55. The first kappa shape index (κ1) is 20.6. The molecule has 0 aliphatic carbocycles. The monoisotopic (exact) mass is 383 g/mol. The van der Waals surface area contributed by atoms with Crippen LogP contribution in [-0.2, 0) is 4.79 Å². The highest BCUT2D eigenvalue weighted by atomic mass is 32.1. The van der Waals surface area contributed by atoms with Gasteiger partial charge in [-0.05, 0) is 55.0 Å². The van der Waals surface area contributed by atoms with Crippen molar-refractivity contribution in [3.63, 3.8) is 0 Å². The molecule has 0 bridgehead atoms. The van der Waals surface area contributed by atoms with Crippen molar-refractivity contribution >= 4 is 40.5 Å². The predicted octanol–water partition coefficient (Wildman–Crippen LogP) is 4.36. The highest BCUT2D eigenvalue weighted by Gasteiger charge is 2.13. The third-order valence-electron chi connectivity index (χ3n) is 4.10. The second-order valence-electron chi connectivity index (χ2n) is 6.24. The highest BCUT2D eigenvalue weighted by Crippen LogP contribution is 2.16. The Morgan fingerprint density at radius 3 is 2.30 bits per heavy atom. The van der Waals surface area contributed by atoms with E-state index >= 15 is 0 Å². The van der Waals surface area contributed by atoms with Gasteiger partial charge >= 0.3 is 0 Å². The van der Waals surface area contributed by atoms with E-state index in [1.54, 1.807) is 36.2 Å². The van der Waals surface area contributed by atoms with Crippen molar-refractivity contribution in [1.29, 1.82) is 0 Å². The lowest BCUT2D eigenvalue weighted by Gasteiger charge is -2.17. The Hall–Kier alpha value is -2.73. The Kier molecular flexibility index (Phi) is 7.95. The van der Waals surface area contributed by atoms with Crippen molar-refractivity contribution in [1.82, 2.24) is 5.32 Å². The highest BCUT2D eigenvalue weighted by molar-refractivity contribution is 7.80. The van der Waals surface area contributed by atoms with E-state index in [9.17, 15) is 9.59 Å². The van der Waals surface area contributed by atoms with Crippen molar-refractivity contribution < 1.29 is 9.59 Å². The number of amides is 2. The van der Waals surface area contributed by atoms with E-state index in [1.807, 2.05) is 30.3 Å². The summed E-state index contributed by atoms with van der Waals surface area (Å²) in [6, 6.07) is 16.5. The van der Waals surface area contributed by atoms with Gasteiger partial charge in [0, 0.05) is 30.4 Å². The minimum atomic E-state index is -0.0976. The number of para-hydroxylation sites is 1. The van der Waals surface area contributed by atoms with Crippen molar-refractivity contribution in [2.24, 2.45) is 0 Å². The maximum Gasteiger partial charge on any atom is 0.258 e. The third kappa shape index (κ3) is 6.49. The summed E-state index contributed by atoms with van der Waals surface area (Å²) in [5.74, 6) is -0.184. The second-order valence-corrected chi connectivity index (χ2v) is 6.64. The van der Waals surface area contributed by atoms with E-state index in [-0.39, 0.29) is 16.9 Å². The molecular weight excluding hydrogens is 358 g/mol. The van der Waals surface area contributed by atoms with Crippen LogP contribution in [0.3, 0.4) is 0 Å². The van der Waals surface area contributed by atoms with Gasteiger partial charge in [0.05, 0.1) is 0 Å². The number of nitrogens with one attached hydrogen (secondary N) is 2. The predicted molar refractivity (Wildman–Crippen MR) is 114 cm³/mol. The van der Waals surface area contributed by atoms with Crippen LogP contribution in [0, 0.1) is 0 Å². The van der Waals surface area contributed by atoms with Gasteiger partial charge in [0.1, 0.15) is 0 Å². The molecule has 2 rings (SSSR count). The molecule has 2 aromatic carbocycles. The molecular formula is C21H25N3O2S. The fourth-order valence-corrected chi connectivity index (χ4v) is 2.78. The van der Waals surface area contributed by atoms with Crippen LogP contribution < -0.4 is 15.5 Å². The van der Waals surface area contributed by atoms with Gasteiger partial charge in [0.2, 0.25) is 5.91 Å². The zero-order chi connectivity index (χ0) is 19.6. The lowest BCUT2D eigenvalue weighted by molar-refractivity contribution is -0.119. The minimum Gasteiger partial charge on any atom is -0.332 e. The third-order valence-corrected chi connectivity index (χ3v) is 4.30. The average molecular weight is 384 g/mol. The molecule has 0 aliphatic heterocycles. The van der Waals surface area contributed by atoms with Gasteiger partial charge in [-0.1, -0.05) is 38.0 Å². The average Bonchev–Trinajstić information content (AvgIpc) is 2.68. The number of benzene rings is 2. The summed E-state index contributed by atoms with van der Waals surface area (Å²) in [5, 5.41) is 5.90. The first-order valence-corrected chi connectivity index (χ1v) is 9.46. The maximum atomic E-state index is 12.6. The molecule has 6 heteroatoms. The topological polar surface area (TPSA) is 61.4 Å². The largest absolute Gasteiger partial charge is 0.332 e. The molecule has 5 nitrogen and oxygen atoms in total. The number of nitrogens with zero attached hydrogens (tertiary/aromatic N) is 1. The smallest absolute Gasteiger partial charge is 0.258 e. The molecule has 0 radical (unpaired) electrons. The lowest BCUT2D eigenvalue weighted by Crippen LogP contribution is -2.33. The first-order valence-electron chi connectivity index (χ1n) is 9.05. The molecule has 0 aliphatic rings. The Morgan fingerprint density at radius 1 is 1.00 bits per heavy atom. The molecule has 0 saturated heterocycles. The van der Waals surface area contributed by atoms with E-state index in [1.165, 1.54) is 0 Å². The van der Waals surface area contributed by atoms with Gasteiger partial charge in [-0.25, -0.2) is 0 Å². The number of carbonyl (C=O) groups excluding carboxylic acids is 2. The van der Waals surface area contributed by atoms with Gasteiger partial charge in [-0.15, -0.1) is 0 Å². The summed E-state index contributed by atoms with van der Waals surface area (Å²) >= 11 is 5.16. The summed E-state index contributed by atoms with van der Waals surface area (Å²) < 4.78 is 0. The fraction of sp³-hybridized carbons (Fsp3) is 0.286. The Balaban J connectivity index is 1.90. The number of thiocarbonyl (C=S) groups is 1. The van der Waals surface area contributed by atoms with Crippen LogP contribution in [0.2, 0.25) is 0 Å². The molecule has 0 spiro atoms. The van der Waals surface area contributed by atoms with E-state index in [2.05, 4.69) is 17.6 Å². The molecule has 0 saturated carbocycles. The zero-order valence-corrected chi connectivity index (χ0v) is 16.5. The van der Waals surface area contributed by atoms with Gasteiger partial charge < -0.3 is 15.5 Å². The standard InChI is InChI=1S/C21H25N3O2S/c1-3-4-6-11-19(25)23-21(27)22-17-14-12-16(13-15-17)20(26)24(2)18-9-7-5-8-10-18/h5,7-10,12-15H,3-4,6,11H2,1-2H3,(H2,22,23,25,27). The van der Waals surface area contributed by atoms with Crippen LogP contribution in [0.4, 0.5) is 11.4 Å². The SMILES string of the molecule is CCCCCC(=O)NC(=S)Nc1ccc(C(=O)N(C)c2ccccc2)cc1. The number of hydrogen-bond acceptors (Lipinski definition) is 3. The Labute approximate surface area is 165 Å². The summed E-state index contributed by atoms with van der Waals surface area (Å²) in [7, 11) is 1.74. The van der Waals surface area contributed by atoms with Crippen LogP contribution in [0.5, 0.6) is 0 Å². The van der Waals surface area contributed by atoms with E-state index in [0.29, 0.717) is 17.7 Å². The normalized spacial score (nSPS) is 10.1. The van der Waals surface area contributed by atoms with E-state index < -0.39 is 0 Å². The molecule has 2 amide bonds. The number of carbonyl (C=O) groups is 2. The molecule has 0 aromatic heterocycles. The quantitative estimate of drug-likeness (QED) is 0.551. The summed E-state index contributed by atoms with van der Waals surface area (Å²) in [6.45, 7) is 2.09. The molecule has 27 heavy (non-hydrogen) atoms. The Bertz CT molecular complexity index is 776. The van der Waals surface area contributed by atoms with Crippen LogP contribution in [0.15, 0.2) is 54.6 Å². The van der Waals surface area contributed by atoms with Gasteiger partial charge in [-0.3, -0.25) is 9.59 Å². The number of unbranched alkanes of at least 4 members (excludes halogenated alkanes) is 2.